The van der Waals surface area contributed by atoms with Crippen LogP contribution >= 0.6 is 12.2 Å². The van der Waals surface area contributed by atoms with Gasteiger partial charge < -0.3 is 19.7 Å². The maximum absolute atomic E-state index is 12.3. The van der Waals surface area contributed by atoms with Crippen LogP contribution in [0.4, 0.5) is 0 Å². The number of rotatable bonds is 6. The molecule has 1 N–H and O–H groups in total. The highest BCUT2D eigenvalue weighted by atomic mass is 32.1. The summed E-state index contributed by atoms with van der Waals surface area (Å²) in [6.07, 6.45) is 0. The van der Waals surface area contributed by atoms with Crippen molar-refractivity contribution in [3.8, 4) is 11.5 Å². The summed E-state index contributed by atoms with van der Waals surface area (Å²) in [5.74, 6) is 1.27. The maximum atomic E-state index is 12.3. The number of thiocarbonyl (C=S) groups is 1. The van der Waals surface area contributed by atoms with Crippen LogP contribution in [0.5, 0.6) is 11.5 Å². The second kappa shape index (κ2) is 8.44. The first kappa shape index (κ1) is 19.9. The average Bonchev–Trinajstić information content (AvgIpc) is 2.70. The molecule has 3 rings (SSSR count). The van der Waals surface area contributed by atoms with Gasteiger partial charge in [-0.25, -0.2) is 0 Å². The number of allylic oxidation sites excluding steroid dienone is 1. The zero-order valence-corrected chi connectivity index (χ0v) is 17.3. The largest absolute Gasteiger partial charge is 0.493 e. The molecule has 5 nitrogen and oxygen atoms in total. The molecule has 0 spiro atoms. The third-order valence-electron chi connectivity index (χ3n) is 4.89. The number of carbonyl (C=O) groups excluding carboxylic acids is 1. The van der Waals surface area contributed by atoms with E-state index in [1.807, 2.05) is 67.4 Å². The Morgan fingerprint density at radius 1 is 1.18 bits per heavy atom. The Morgan fingerprint density at radius 3 is 2.54 bits per heavy atom. The topological polar surface area (TPSA) is 50.8 Å². The van der Waals surface area contributed by atoms with Crippen LogP contribution in [0, 0.1) is 0 Å². The van der Waals surface area contributed by atoms with Crippen LogP contribution in [-0.4, -0.2) is 30.0 Å². The Morgan fingerprint density at radius 2 is 1.89 bits per heavy atom. The van der Waals surface area contributed by atoms with Gasteiger partial charge in [0.05, 0.1) is 13.2 Å². The van der Waals surface area contributed by atoms with Crippen molar-refractivity contribution in [1.29, 1.82) is 0 Å². The van der Waals surface area contributed by atoms with Gasteiger partial charge in [0, 0.05) is 18.3 Å². The molecule has 28 heavy (non-hydrogen) atoms. The van der Waals surface area contributed by atoms with Crippen molar-refractivity contribution in [3.05, 3.63) is 70.9 Å². The van der Waals surface area contributed by atoms with Crippen molar-refractivity contribution in [2.24, 2.45) is 0 Å². The number of nitrogens with one attached hydrogen (secondary N) is 1. The van der Waals surface area contributed by atoms with Crippen molar-refractivity contribution in [2.45, 2.75) is 26.5 Å². The Hall–Kier alpha value is -2.86. The van der Waals surface area contributed by atoms with Gasteiger partial charge in [-0.05, 0) is 49.3 Å². The highest BCUT2D eigenvalue weighted by Gasteiger charge is 2.31. The molecule has 0 aromatic heterocycles. The molecule has 0 aliphatic carbocycles. The first-order valence-corrected chi connectivity index (χ1v) is 9.43. The van der Waals surface area contributed by atoms with E-state index in [-0.39, 0.29) is 11.8 Å². The highest BCUT2D eigenvalue weighted by Crippen LogP contribution is 2.36. The summed E-state index contributed by atoms with van der Waals surface area (Å²) >= 11 is 5.43. The molecule has 0 bridgehead atoms. The molecule has 0 fully saturated rings. The summed E-state index contributed by atoms with van der Waals surface area (Å²) in [4.78, 5) is 14.2. The molecule has 0 saturated carbocycles. The predicted octanol–water partition coefficient (Wildman–Crippen LogP) is 4.00. The summed E-state index contributed by atoms with van der Waals surface area (Å²) in [5, 5.41) is 3.84. The van der Waals surface area contributed by atoms with E-state index in [0.717, 1.165) is 16.8 Å². The van der Waals surface area contributed by atoms with Crippen LogP contribution in [0.2, 0.25) is 0 Å². The van der Waals surface area contributed by atoms with Gasteiger partial charge in [0.15, 0.2) is 22.4 Å². The molecule has 0 radical (unpaired) electrons. The van der Waals surface area contributed by atoms with Crippen LogP contribution in [0.3, 0.4) is 0 Å². The third-order valence-corrected chi connectivity index (χ3v) is 5.28. The van der Waals surface area contributed by atoms with Crippen LogP contribution in [0.1, 0.15) is 31.0 Å². The van der Waals surface area contributed by atoms with Crippen LogP contribution < -0.4 is 14.8 Å². The van der Waals surface area contributed by atoms with Crippen LogP contribution in [0.15, 0.2) is 59.8 Å². The maximum Gasteiger partial charge on any atom is 0.173 e. The van der Waals surface area contributed by atoms with Crippen molar-refractivity contribution in [2.75, 3.05) is 14.2 Å². The summed E-state index contributed by atoms with van der Waals surface area (Å²) in [7, 11) is 3.46. The number of hydrogen-bond acceptors (Lipinski definition) is 4. The second-order valence-electron chi connectivity index (χ2n) is 6.68. The predicted molar refractivity (Wildman–Crippen MR) is 113 cm³/mol. The molecule has 1 unspecified atom stereocenters. The smallest absolute Gasteiger partial charge is 0.173 e. The molecule has 0 saturated heterocycles. The Kier molecular flexibility index (Phi) is 5.99. The van der Waals surface area contributed by atoms with Crippen molar-refractivity contribution >= 4 is 23.1 Å². The molecule has 146 valence electrons. The molecule has 0 amide bonds. The lowest BCUT2D eigenvalue weighted by Gasteiger charge is -2.35. The van der Waals surface area contributed by atoms with E-state index >= 15 is 0 Å². The SMILES string of the molecule is COc1ccc(C2NC(=S)N(C)C(C)=C2C(C)=O)cc1OCc1ccccc1. The molecule has 2 aromatic carbocycles. The lowest BCUT2D eigenvalue weighted by Crippen LogP contribution is -2.45. The number of ketones is 1. The molecular weight excluding hydrogens is 372 g/mol. The second-order valence-corrected chi connectivity index (χ2v) is 7.07. The van der Waals surface area contributed by atoms with Gasteiger partial charge in [0.1, 0.15) is 6.61 Å². The number of hydrogen-bond donors (Lipinski definition) is 1. The fourth-order valence-corrected chi connectivity index (χ4v) is 3.52. The normalized spacial score (nSPS) is 16.6. The monoisotopic (exact) mass is 396 g/mol. The Bertz CT molecular complexity index is 925. The van der Waals surface area contributed by atoms with E-state index in [2.05, 4.69) is 5.32 Å². The lowest BCUT2D eigenvalue weighted by molar-refractivity contribution is -0.114. The van der Waals surface area contributed by atoms with E-state index in [9.17, 15) is 4.79 Å². The summed E-state index contributed by atoms with van der Waals surface area (Å²) in [6.45, 7) is 3.91. The molecule has 1 aliphatic rings. The lowest BCUT2D eigenvalue weighted by atomic mass is 9.92. The van der Waals surface area contributed by atoms with Crippen LogP contribution in [0.25, 0.3) is 0 Å². The standard InChI is InChI=1S/C22H24N2O3S/c1-14-20(15(2)25)21(23-22(28)24(14)3)17-10-11-18(26-4)19(12-17)27-13-16-8-6-5-7-9-16/h5-12,21H,13H2,1-4H3,(H,23,28). The average molecular weight is 397 g/mol. The van der Waals surface area contributed by atoms with Gasteiger partial charge in [0.25, 0.3) is 0 Å². The van der Waals surface area contributed by atoms with Gasteiger partial charge >= 0.3 is 0 Å². The third kappa shape index (κ3) is 4.02. The molecule has 1 heterocycles. The van der Waals surface area contributed by atoms with E-state index in [4.69, 9.17) is 21.7 Å². The minimum atomic E-state index is -0.328. The first-order valence-electron chi connectivity index (χ1n) is 9.03. The van der Waals surface area contributed by atoms with Gasteiger partial charge in [-0.3, -0.25) is 4.79 Å². The van der Waals surface area contributed by atoms with E-state index < -0.39 is 0 Å². The highest BCUT2D eigenvalue weighted by molar-refractivity contribution is 7.80. The first-order chi connectivity index (χ1) is 13.4. The number of Topliss-reactive ketones (excluding diaryl/α,β-unsaturated/α-hetero) is 1. The Balaban J connectivity index is 1.95. The summed E-state index contributed by atoms with van der Waals surface area (Å²) < 4.78 is 11.5. The van der Waals surface area contributed by atoms with Crippen LogP contribution in [-0.2, 0) is 11.4 Å². The van der Waals surface area contributed by atoms with Crippen molar-refractivity contribution in [1.82, 2.24) is 10.2 Å². The summed E-state index contributed by atoms with van der Waals surface area (Å²) in [5.41, 5.74) is 3.50. The van der Waals surface area contributed by atoms with Gasteiger partial charge in [-0.2, -0.15) is 0 Å². The molecule has 6 heteroatoms. The minimum Gasteiger partial charge on any atom is -0.493 e. The van der Waals surface area contributed by atoms with E-state index in [1.165, 1.54) is 0 Å². The molecule has 2 aromatic rings. The molecule has 1 atom stereocenters. The number of methoxy groups -OCH3 is 1. The van der Waals surface area contributed by atoms with Crippen molar-refractivity contribution in [3.63, 3.8) is 0 Å². The van der Waals surface area contributed by atoms with Gasteiger partial charge in [0.2, 0.25) is 0 Å². The van der Waals surface area contributed by atoms with E-state index in [1.54, 1.807) is 14.0 Å². The fraction of sp³-hybridized carbons (Fsp3) is 0.273. The quantitative estimate of drug-likeness (QED) is 0.745. The summed E-state index contributed by atoms with van der Waals surface area (Å²) in [6, 6.07) is 15.3. The molecular formula is C22H24N2O3S. The van der Waals surface area contributed by atoms with E-state index in [0.29, 0.717) is 28.8 Å². The molecule has 1 aliphatic heterocycles. The zero-order valence-electron chi connectivity index (χ0n) is 16.5. The van der Waals surface area contributed by atoms with Gasteiger partial charge in [-0.15, -0.1) is 0 Å². The number of nitrogens with zero attached hydrogens (tertiary/aromatic N) is 1. The zero-order chi connectivity index (χ0) is 20.3. The van der Waals surface area contributed by atoms with Gasteiger partial charge in [-0.1, -0.05) is 36.4 Å². The number of benzene rings is 2. The Labute approximate surface area is 170 Å². The number of ether oxygens (including phenoxy) is 2. The minimum absolute atomic E-state index is 0.00641. The fourth-order valence-electron chi connectivity index (χ4n) is 3.26. The number of carbonyl (C=O) groups is 1. The van der Waals surface area contributed by atoms with Crippen molar-refractivity contribution < 1.29 is 14.3 Å².